The van der Waals surface area contributed by atoms with Gasteiger partial charge >= 0.3 is 5.51 Å². The Hall–Kier alpha value is -3.25. The molecule has 3 N–H and O–H groups in total. The van der Waals surface area contributed by atoms with Crippen molar-refractivity contribution in [3.63, 3.8) is 0 Å². The second-order valence-corrected chi connectivity index (χ2v) is 13.6. The predicted octanol–water partition coefficient (Wildman–Crippen LogP) is 4.07. The number of pyridine rings is 1. The maximum atomic E-state index is 13.6. The highest BCUT2D eigenvalue weighted by Crippen LogP contribution is 2.52. The molecule has 14 heteroatoms. The van der Waals surface area contributed by atoms with Crippen LogP contribution in [0.5, 0.6) is 5.75 Å². The Bertz CT molecular complexity index is 1600. The van der Waals surface area contributed by atoms with Gasteiger partial charge in [0.2, 0.25) is 0 Å². The molecule has 0 spiro atoms. The number of ether oxygens (including phenoxy) is 1. The Balaban J connectivity index is 0.00000123. The van der Waals surface area contributed by atoms with E-state index in [0.29, 0.717) is 46.6 Å². The number of carbonyl (C=O) groups excluding carboxylic acids is 1. The van der Waals surface area contributed by atoms with Gasteiger partial charge in [0, 0.05) is 52.5 Å². The second-order valence-electron chi connectivity index (χ2n) is 11.0. The summed E-state index contributed by atoms with van der Waals surface area (Å²) >= 11 is -0.219. The van der Waals surface area contributed by atoms with Gasteiger partial charge in [0.05, 0.1) is 29.8 Å². The van der Waals surface area contributed by atoms with Crippen LogP contribution in [0.25, 0.3) is 5.52 Å². The predicted molar refractivity (Wildman–Crippen MR) is 168 cm³/mol. The number of likely N-dealkylation sites (tertiary alicyclic amines) is 1. The SMILES string of the molecule is CNC.COc1ccc(C=O)cc1NCC#Cc1nn2c(NC34CCN(C5CS(=O)C5)CC3C4)cccc2c1SC(F)(F)F. The molecule has 1 aliphatic carbocycles. The summed E-state index contributed by atoms with van der Waals surface area (Å²) < 4.78 is 59.1. The van der Waals surface area contributed by atoms with Crippen LogP contribution in [-0.2, 0) is 10.8 Å². The van der Waals surface area contributed by atoms with Crippen molar-refractivity contribution in [2.75, 3.05) is 63.0 Å². The Kier molecular flexibility index (Phi) is 9.79. The van der Waals surface area contributed by atoms with Crippen LogP contribution in [0.4, 0.5) is 24.7 Å². The van der Waals surface area contributed by atoms with Gasteiger partial charge < -0.3 is 20.7 Å². The number of hydrogen-bond acceptors (Lipinski definition) is 9. The Labute approximate surface area is 261 Å². The molecule has 2 aromatic heterocycles. The molecule has 3 aliphatic rings. The van der Waals surface area contributed by atoms with E-state index < -0.39 is 16.3 Å². The van der Waals surface area contributed by atoms with E-state index >= 15 is 0 Å². The van der Waals surface area contributed by atoms with Crippen LogP contribution in [-0.4, -0.2) is 94.4 Å². The van der Waals surface area contributed by atoms with Crippen molar-refractivity contribution in [1.29, 1.82) is 0 Å². The molecular weight excluding hydrogens is 613 g/mol. The van der Waals surface area contributed by atoms with E-state index in [2.05, 4.69) is 37.8 Å². The number of aromatic nitrogens is 2. The number of rotatable bonds is 8. The Morgan fingerprint density at radius 2 is 2.02 bits per heavy atom. The van der Waals surface area contributed by atoms with Crippen LogP contribution in [0.1, 0.15) is 28.9 Å². The minimum Gasteiger partial charge on any atom is -0.495 e. The first-order chi connectivity index (χ1) is 21.1. The van der Waals surface area contributed by atoms with Crippen LogP contribution in [0.15, 0.2) is 41.3 Å². The fourth-order valence-corrected chi connectivity index (χ4v) is 7.54. The number of thioether (sulfide) groups is 1. The maximum absolute atomic E-state index is 13.6. The number of nitrogens with one attached hydrogen (secondary N) is 3. The van der Waals surface area contributed by atoms with Crippen molar-refractivity contribution >= 4 is 45.9 Å². The Morgan fingerprint density at radius 3 is 2.68 bits per heavy atom. The van der Waals surface area contributed by atoms with Gasteiger partial charge in [-0.25, -0.2) is 4.52 Å². The minimum atomic E-state index is -4.51. The molecule has 2 unspecified atom stereocenters. The first kappa shape index (κ1) is 32.2. The molecule has 2 aliphatic heterocycles. The summed E-state index contributed by atoms with van der Waals surface area (Å²) in [7, 11) is 4.56. The lowest BCUT2D eigenvalue weighted by Crippen LogP contribution is -2.54. The Morgan fingerprint density at radius 1 is 1.25 bits per heavy atom. The number of fused-ring (bicyclic) bond motifs is 2. The van der Waals surface area contributed by atoms with E-state index in [1.807, 2.05) is 20.2 Å². The molecule has 0 radical (unpaired) electrons. The largest absolute Gasteiger partial charge is 0.495 e. The van der Waals surface area contributed by atoms with Crippen molar-refractivity contribution in [3.05, 3.63) is 47.7 Å². The molecule has 0 bridgehead atoms. The molecule has 3 aromatic rings. The van der Waals surface area contributed by atoms with Gasteiger partial charge in [-0.15, -0.1) is 0 Å². The normalized spacial score (nSPS) is 24.1. The van der Waals surface area contributed by atoms with E-state index in [4.69, 9.17) is 4.74 Å². The molecule has 6 rings (SSSR count). The zero-order valence-corrected chi connectivity index (χ0v) is 26.3. The third-order valence-corrected chi connectivity index (χ3v) is 10.3. The summed E-state index contributed by atoms with van der Waals surface area (Å²) in [6, 6.07) is 10.5. The van der Waals surface area contributed by atoms with E-state index in [1.165, 1.54) is 11.6 Å². The second kappa shape index (κ2) is 13.4. The minimum absolute atomic E-state index is 0.0367. The molecule has 1 saturated carbocycles. The fraction of sp³-hybridized carbons (Fsp3) is 0.467. The highest BCUT2D eigenvalue weighted by atomic mass is 32.2. The van der Waals surface area contributed by atoms with E-state index in [0.717, 1.165) is 37.4 Å². The number of halogens is 3. The lowest BCUT2D eigenvalue weighted by molar-refractivity contribution is -0.0327. The molecule has 9 nitrogen and oxygen atoms in total. The van der Waals surface area contributed by atoms with E-state index in [-0.39, 0.29) is 34.4 Å². The zero-order chi connectivity index (χ0) is 31.5. The van der Waals surface area contributed by atoms with Crippen LogP contribution >= 0.6 is 11.8 Å². The quantitative estimate of drug-likeness (QED) is 0.190. The maximum Gasteiger partial charge on any atom is 0.446 e. The molecule has 3 fully saturated rings. The van der Waals surface area contributed by atoms with Gasteiger partial charge in [-0.2, -0.15) is 18.3 Å². The summed E-state index contributed by atoms with van der Waals surface area (Å²) in [6.07, 6.45) is 2.60. The highest BCUT2D eigenvalue weighted by Gasteiger charge is 2.58. The van der Waals surface area contributed by atoms with Crippen molar-refractivity contribution in [1.82, 2.24) is 19.8 Å². The van der Waals surface area contributed by atoms with Gasteiger partial charge in [-0.1, -0.05) is 12.0 Å². The van der Waals surface area contributed by atoms with Gasteiger partial charge in [-0.3, -0.25) is 13.9 Å². The van der Waals surface area contributed by atoms with Gasteiger partial charge in [0.15, 0.2) is 0 Å². The van der Waals surface area contributed by atoms with Crippen molar-refractivity contribution in [2.24, 2.45) is 5.92 Å². The molecular formula is C30H35F3N6O3S2. The van der Waals surface area contributed by atoms with Gasteiger partial charge in [0.1, 0.15) is 23.5 Å². The monoisotopic (exact) mass is 648 g/mol. The summed E-state index contributed by atoms with van der Waals surface area (Å²) in [5.41, 5.74) is -3.25. The summed E-state index contributed by atoms with van der Waals surface area (Å²) in [5, 5.41) is 13.9. The first-order valence-electron chi connectivity index (χ1n) is 14.2. The number of anilines is 2. The third-order valence-electron chi connectivity index (χ3n) is 7.95. The summed E-state index contributed by atoms with van der Waals surface area (Å²) in [5.74, 6) is 8.75. The lowest BCUT2D eigenvalue weighted by Gasteiger charge is -2.41. The number of hydrogen-bond donors (Lipinski definition) is 3. The number of benzene rings is 1. The number of methoxy groups -OCH3 is 1. The molecule has 4 heterocycles. The van der Waals surface area contributed by atoms with Crippen LogP contribution in [0.2, 0.25) is 0 Å². The van der Waals surface area contributed by atoms with Gasteiger partial charge in [0.25, 0.3) is 0 Å². The average molecular weight is 649 g/mol. The van der Waals surface area contributed by atoms with Crippen LogP contribution in [0, 0.1) is 17.8 Å². The van der Waals surface area contributed by atoms with Crippen LogP contribution < -0.4 is 20.7 Å². The number of carbonyl (C=O) groups is 1. The topological polar surface area (TPSA) is 100 Å². The zero-order valence-electron chi connectivity index (χ0n) is 24.7. The number of nitrogens with zero attached hydrogens (tertiary/aromatic N) is 3. The lowest BCUT2D eigenvalue weighted by atomic mass is 10.0. The first-order valence-corrected chi connectivity index (χ1v) is 16.5. The summed E-state index contributed by atoms with van der Waals surface area (Å²) in [6.45, 7) is 1.94. The standard InChI is InChI=1S/C28H28F3N5O3S2.C2H7N/c1-39-24-8-7-18(15-37)12-22(24)32-10-3-4-21-26(40-28(29,30)31)23-5-2-6-25(36(23)34-21)33-27-9-11-35(14-19(27)13-27)20-16-41(38)17-20;1-3-2/h2,5-8,12,15,19-20,32-33H,9-11,13-14,16-17H2,1H3;3H,1-2H3. The number of alkyl halides is 3. The molecule has 0 amide bonds. The highest BCUT2D eigenvalue weighted by molar-refractivity contribution is 8.00. The van der Waals surface area contributed by atoms with Gasteiger partial charge in [-0.05, 0) is 80.9 Å². The van der Waals surface area contributed by atoms with Crippen LogP contribution in [0.3, 0.4) is 0 Å². The van der Waals surface area contributed by atoms with Crippen molar-refractivity contribution in [2.45, 2.75) is 34.8 Å². The molecule has 236 valence electrons. The van der Waals surface area contributed by atoms with Crippen molar-refractivity contribution < 1.29 is 26.9 Å². The average Bonchev–Trinajstić information content (AvgIpc) is 3.58. The smallest absolute Gasteiger partial charge is 0.446 e. The molecule has 2 saturated heterocycles. The molecule has 2 atom stereocenters. The van der Waals surface area contributed by atoms with Crippen molar-refractivity contribution in [3.8, 4) is 17.6 Å². The summed E-state index contributed by atoms with van der Waals surface area (Å²) in [4.78, 5) is 13.5. The number of aldehydes is 1. The number of piperidine rings is 1. The molecule has 44 heavy (non-hydrogen) atoms. The van der Waals surface area contributed by atoms with E-state index in [1.54, 1.807) is 30.3 Å². The third kappa shape index (κ3) is 7.17. The van der Waals surface area contributed by atoms with E-state index in [9.17, 15) is 22.2 Å². The fourth-order valence-electron chi connectivity index (χ4n) is 5.68. The molecule has 1 aromatic carbocycles.